The second-order valence-corrected chi connectivity index (χ2v) is 15.0. The average molecular weight is 509 g/mol. The van der Waals surface area contributed by atoms with E-state index in [4.69, 9.17) is 0 Å². The fourth-order valence-electron chi connectivity index (χ4n) is 11.9. The van der Waals surface area contributed by atoms with E-state index in [0.717, 1.165) is 47.3 Å². The summed E-state index contributed by atoms with van der Waals surface area (Å²) in [6, 6.07) is 14.9. The lowest BCUT2D eigenvalue weighted by molar-refractivity contribution is -0.0699. The van der Waals surface area contributed by atoms with E-state index in [0.29, 0.717) is 5.41 Å². The molecule has 0 N–H and O–H groups in total. The summed E-state index contributed by atoms with van der Waals surface area (Å²) in [6.07, 6.45) is 19.7. The van der Waals surface area contributed by atoms with Gasteiger partial charge in [0.1, 0.15) is 0 Å². The normalized spacial score (nSPS) is 37.9. The van der Waals surface area contributed by atoms with Crippen LogP contribution in [0.4, 0.5) is 0 Å². The number of aryl methyl sites for hydroxylation is 4. The third-order valence-electron chi connectivity index (χ3n) is 13.0. The van der Waals surface area contributed by atoms with E-state index >= 15 is 0 Å². The smallest absolute Gasteiger partial charge is 0.0131 e. The maximum absolute atomic E-state index is 2.54. The van der Waals surface area contributed by atoms with Crippen LogP contribution in [0, 0.1) is 68.6 Å². The molecule has 0 spiro atoms. The van der Waals surface area contributed by atoms with Crippen molar-refractivity contribution in [2.75, 3.05) is 0 Å². The Labute approximate surface area is 233 Å². The van der Waals surface area contributed by atoms with Crippen molar-refractivity contribution in [3.05, 3.63) is 69.8 Å². The minimum atomic E-state index is 0.702. The van der Waals surface area contributed by atoms with Gasteiger partial charge in [0.25, 0.3) is 0 Å². The van der Waals surface area contributed by atoms with Gasteiger partial charge in [-0.3, -0.25) is 0 Å². The summed E-state index contributed by atoms with van der Waals surface area (Å²) >= 11 is 0. The third-order valence-corrected chi connectivity index (χ3v) is 13.0. The molecule has 7 rings (SSSR count). The average Bonchev–Trinajstić information content (AvgIpc) is 3.48. The lowest BCUT2D eigenvalue weighted by Crippen LogP contribution is -2.48. The lowest BCUT2D eigenvalue weighted by Gasteiger charge is -2.57. The van der Waals surface area contributed by atoms with Crippen molar-refractivity contribution in [2.45, 2.75) is 123 Å². The van der Waals surface area contributed by atoms with Gasteiger partial charge in [0.15, 0.2) is 0 Å². The van der Waals surface area contributed by atoms with Crippen LogP contribution in [0.2, 0.25) is 0 Å². The quantitative estimate of drug-likeness (QED) is 0.385. The molecule has 0 saturated heterocycles. The molecule has 0 radical (unpaired) electrons. The first kappa shape index (κ1) is 25.4. The number of benzene rings is 2. The van der Waals surface area contributed by atoms with Crippen LogP contribution in [0.5, 0.6) is 0 Å². The molecule has 2 aromatic rings. The van der Waals surface area contributed by atoms with Gasteiger partial charge in [-0.2, -0.15) is 0 Å². The highest BCUT2D eigenvalue weighted by atomic mass is 14.6. The predicted octanol–water partition coefficient (Wildman–Crippen LogP) is 10.6. The number of fused-ring (bicyclic) bond motifs is 2. The zero-order valence-corrected chi connectivity index (χ0v) is 24.8. The monoisotopic (exact) mass is 508 g/mol. The van der Waals surface area contributed by atoms with Crippen molar-refractivity contribution in [3.63, 3.8) is 0 Å². The Bertz CT molecular complexity index is 1040. The highest BCUT2D eigenvalue weighted by Gasteiger charge is 2.60. The molecule has 0 bridgehead atoms. The van der Waals surface area contributed by atoms with E-state index in [1.807, 2.05) is 0 Å². The van der Waals surface area contributed by atoms with E-state index in [1.165, 1.54) is 80.0 Å². The third kappa shape index (κ3) is 4.14. The molecule has 5 fully saturated rings. The summed E-state index contributed by atoms with van der Waals surface area (Å²) in [4.78, 5) is 0. The van der Waals surface area contributed by atoms with E-state index in [-0.39, 0.29) is 0 Å². The van der Waals surface area contributed by atoms with Crippen LogP contribution in [-0.4, -0.2) is 0 Å². The molecule has 0 nitrogen and oxygen atoms in total. The van der Waals surface area contributed by atoms with Gasteiger partial charge in [0.05, 0.1) is 0 Å². The van der Waals surface area contributed by atoms with Crippen LogP contribution < -0.4 is 0 Å². The Morgan fingerprint density at radius 1 is 0.447 bits per heavy atom. The molecule has 8 unspecified atom stereocenters. The Morgan fingerprint density at radius 3 is 1.24 bits per heavy atom. The fourth-order valence-corrected chi connectivity index (χ4v) is 11.9. The van der Waals surface area contributed by atoms with Gasteiger partial charge in [-0.1, -0.05) is 77.9 Å². The van der Waals surface area contributed by atoms with E-state index in [2.05, 4.69) is 64.1 Å². The Hall–Kier alpha value is -1.56. The van der Waals surface area contributed by atoms with Crippen molar-refractivity contribution in [2.24, 2.45) is 40.9 Å². The molecule has 0 heterocycles. The minimum absolute atomic E-state index is 0.702. The highest BCUT2D eigenvalue weighted by Crippen LogP contribution is 2.69. The van der Waals surface area contributed by atoms with Gasteiger partial charge < -0.3 is 0 Å². The summed E-state index contributed by atoms with van der Waals surface area (Å²) < 4.78 is 0. The van der Waals surface area contributed by atoms with Crippen molar-refractivity contribution < 1.29 is 0 Å². The molecule has 204 valence electrons. The minimum Gasteiger partial charge on any atom is -0.0564 e. The summed E-state index contributed by atoms with van der Waals surface area (Å²) in [5.74, 6) is 7.64. The molecule has 2 aromatic carbocycles. The first-order chi connectivity index (χ1) is 18.4. The van der Waals surface area contributed by atoms with E-state index in [9.17, 15) is 0 Å². The van der Waals surface area contributed by atoms with Gasteiger partial charge in [0.2, 0.25) is 0 Å². The molecule has 5 saturated carbocycles. The summed E-state index contributed by atoms with van der Waals surface area (Å²) in [6.45, 7) is 9.24. The van der Waals surface area contributed by atoms with Crippen LogP contribution in [-0.2, 0) is 0 Å². The first-order valence-corrected chi connectivity index (χ1v) is 16.6. The maximum atomic E-state index is 2.54. The van der Waals surface area contributed by atoms with Crippen molar-refractivity contribution >= 4 is 0 Å². The Morgan fingerprint density at radius 2 is 0.868 bits per heavy atom. The van der Waals surface area contributed by atoms with Crippen molar-refractivity contribution in [1.82, 2.24) is 0 Å². The highest BCUT2D eigenvalue weighted by molar-refractivity contribution is 5.33. The molecule has 0 heteroatoms. The van der Waals surface area contributed by atoms with Gasteiger partial charge in [-0.25, -0.2) is 0 Å². The molecular formula is C38H52. The number of rotatable bonds is 4. The van der Waals surface area contributed by atoms with Crippen molar-refractivity contribution in [3.8, 4) is 0 Å². The van der Waals surface area contributed by atoms with Crippen LogP contribution in [0.1, 0.15) is 129 Å². The van der Waals surface area contributed by atoms with Gasteiger partial charge in [-0.05, 0) is 156 Å². The zero-order valence-electron chi connectivity index (χ0n) is 24.8. The van der Waals surface area contributed by atoms with Crippen LogP contribution >= 0.6 is 0 Å². The van der Waals surface area contributed by atoms with Crippen LogP contribution in [0.3, 0.4) is 0 Å². The predicted molar refractivity (Wildman–Crippen MR) is 161 cm³/mol. The number of hydrogen-bond donors (Lipinski definition) is 0. The zero-order chi connectivity index (χ0) is 26.0. The Kier molecular flexibility index (Phi) is 6.56. The maximum Gasteiger partial charge on any atom is -0.0131 e. The largest absolute Gasteiger partial charge is 0.0564 e. The summed E-state index contributed by atoms with van der Waals surface area (Å²) in [7, 11) is 0. The fraction of sp³-hybridized carbons (Fsp3) is 0.684. The van der Waals surface area contributed by atoms with E-state index < -0.39 is 0 Å². The van der Waals surface area contributed by atoms with Gasteiger partial charge in [0, 0.05) is 0 Å². The second-order valence-electron chi connectivity index (χ2n) is 15.0. The summed E-state index contributed by atoms with van der Waals surface area (Å²) in [5.41, 5.74) is 9.96. The molecule has 0 aromatic heterocycles. The molecule has 5 aliphatic rings. The molecule has 38 heavy (non-hydrogen) atoms. The first-order valence-electron chi connectivity index (χ1n) is 16.6. The van der Waals surface area contributed by atoms with E-state index in [1.54, 1.807) is 36.8 Å². The molecule has 0 amide bonds. The second kappa shape index (κ2) is 9.82. The topological polar surface area (TPSA) is 0 Å². The Balaban J connectivity index is 1.15. The number of hydrogen-bond acceptors (Lipinski definition) is 0. The molecule has 0 aliphatic heterocycles. The van der Waals surface area contributed by atoms with Crippen LogP contribution in [0.25, 0.3) is 0 Å². The molecular weight excluding hydrogens is 456 g/mol. The van der Waals surface area contributed by atoms with Gasteiger partial charge >= 0.3 is 0 Å². The molecule has 5 aliphatic carbocycles. The summed E-state index contributed by atoms with van der Waals surface area (Å²) in [5, 5.41) is 0. The van der Waals surface area contributed by atoms with Gasteiger partial charge in [-0.15, -0.1) is 0 Å². The SMILES string of the molecule is Cc1cc(C)cc(C2CCCC3C2CCC3C2(C3CCC4C(c5cc(C)cc(C)c5)CCCC43)CCC2)c1. The molecule has 8 atom stereocenters. The standard InChI is InChI=1S/C38H52/c1-24-18-25(2)21-28(20-24)30-8-5-10-34-32(30)12-14-36(34)38(16-7-17-38)37-15-13-33-31(9-6-11-35(33)37)29-22-26(3)19-27(4)23-29/h18-23,30-37H,5-17H2,1-4H3. The van der Waals surface area contributed by atoms with Crippen molar-refractivity contribution in [1.29, 1.82) is 0 Å². The lowest BCUT2D eigenvalue weighted by atomic mass is 9.48. The van der Waals surface area contributed by atoms with Crippen LogP contribution in [0.15, 0.2) is 36.4 Å².